The molecule has 0 saturated heterocycles. The van der Waals surface area contributed by atoms with Crippen molar-refractivity contribution in [1.29, 1.82) is 0 Å². The molecular formula is C12H18ClNO3S. The van der Waals surface area contributed by atoms with Crippen LogP contribution in [0.25, 0.3) is 0 Å². The van der Waals surface area contributed by atoms with Crippen LogP contribution in [0.4, 0.5) is 0 Å². The zero-order valence-electron chi connectivity index (χ0n) is 10.7. The van der Waals surface area contributed by atoms with Crippen molar-refractivity contribution in [2.45, 2.75) is 12.5 Å². The third-order valence-electron chi connectivity index (χ3n) is 2.70. The fourth-order valence-electron chi connectivity index (χ4n) is 1.76. The summed E-state index contributed by atoms with van der Waals surface area (Å²) in [6.45, 7) is 0. The highest BCUT2D eigenvalue weighted by atomic mass is 35.5. The van der Waals surface area contributed by atoms with Crippen LogP contribution in [0.3, 0.4) is 0 Å². The topological polar surface area (TPSA) is 55.4 Å². The third kappa shape index (κ3) is 4.48. The van der Waals surface area contributed by atoms with E-state index in [2.05, 4.69) is 5.32 Å². The summed E-state index contributed by atoms with van der Waals surface area (Å²) >= 11 is 5.90. The number of nitrogens with one attached hydrogen (secondary N) is 1. The van der Waals surface area contributed by atoms with Crippen molar-refractivity contribution in [1.82, 2.24) is 5.32 Å². The molecule has 0 heterocycles. The summed E-state index contributed by atoms with van der Waals surface area (Å²) in [4.78, 5) is 0. The summed E-state index contributed by atoms with van der Waals surface area (Å²) < 4.78 is 27.7. The summed E-state index contributed by atoms with van der Waals surface area (Å²) in [5, 5.41) is 3.69. The van der Waals surface area contributed by atoms with Gasteiger partial charge in [0.2, 0.25) is 0 Å². The van der Waals surface area contributed by atoms with Gasteiger partial charge in [0, 0.05) is 22.9 Å². The van der Waals surface area contributed by atoms with E-state index >= 15 is 0 Å². The van der Waals surface area contributed by atoms with Crippen LogP contribution >= 0.6 is 11.6 Å². The molecule has 1 unspecified atom stereocenters. The van der Waals surface area contributed by atoms with Crippen molar-refractivity contribution in [2.24, 2.45) is 0 Å². The predicted molar refractivity (Wildman–Crippen MR) is 74.1 cm³/mol. The molecule has 0 aliphatic carbocycles. The number of hydrogen-bond donors (Lipinski definition) is 1. The molecule has 4 nitrogen and oxygen atoms in total. The first-order chi connectivity index (χ1) is 8.37. The van der Waals surface area contributed by atoms with E-state index in [0.29, 0.717) is 17.2 Å². The lowest BCUT2D eigenvalue weighted by Crippen LogP contribution is -2.20. The van der Waals surface area contributed by atoms with E-state index in [0.717, 1.165) is 5.56 Å². The number of hydrogen-bond acceptors (Lipinski definition) is 4. The summed E-state index contributed by atoms with van der Waals surface area (Å²) in [5.41, 5.74) is 0.910. The van der Waals surface area contributed by atoms with Gasteiger partial charge in [-0.1, -0.05) is 17.7 Å². The zero-order chi connectivity index (χ0) is 13.8. The Kier molecular flexibility index (Phi) is 5.44. The molecule has 18 heavy (non-hydrogen) atoms. The molecular weight excluding hydrogens is 274 g/mol. The van der Waals surface area contributed by atoms with Crippen molar-refractivity contribution in [3.05, 3.63) is 28.8 Å². The molecule has 1 aromatic rings. The highest BCUT2D eigenvalue weighted by molar-refractivity contribution is 7.90. The van der Waals surface area contributed by atoms with Crippen LogP contribution in [0.2, 0.25) is 5.02 Å². The van der Waals surface area contributed by atoms with Crippen LogP contribution < -0.4 is 10.1 Å². The average Bonchev–Trinajstić information content (AvgIpc) is 2.29. The summed E-state index contributed by atoms with van der Waals surface area (Å²) in [7, 11) is 0.389. The van der Waals surface area contributed by atoms with Crippen molar-refractivity contribution in [3.63, 3.8) is 0 Å². The van der Waals surface area contributed by atoms with E-state index in [1.165, 1.54) is 6.26 Å². The van der Waals surface area contributed by atoms with Gasteiger partial charge in [-0.2, -0.15) is 0 Å². The average molecular weight is 292 g/mol. The second-order valence-corrected chi connectivity index (χ2v) is 6.84. The third-order valence-corrected chi connectivity index (χ3v) is 3.91. The van der Waals surface area contributed by atoms with Gasteiger partial charge in [0.25, 0.3) is 0 Å². The molecule has 0 aliphatic rings. The van der Waals surface area contributed by atoms with E-state index in [-0.39, 0.29) is 11.8 Å². The maximum absolute atomic E-state index is 11.2. The number of halogens is 1. The standard InChI is InChI=1S/C12H18ClNO3S/c1-14-11(6-7-18(3,15)16)10-5-4-9(13)8-12(10)17-2/h4-5,8,11,14H,6-7H2,1-3H3. The molecule has 0 aliphatic heterocycles. The predicted octanol–water partition coefficient (Wildman–Crippen LogP) is 2.04. The van der Waals surface area contributed by atoms with Crippen molar-refractivity contribution < 1.29 is 13.2 Å². The first-order valence-electron chi connectivity index (χ1n) is 5.56. The summed E-state index contributed by atoms with van der Waals surface area (Å²) in [6, 6.07) is 5.27. The largest absolute Gasteiger partial charge is 0.496 e. The minimum absolute atomic E-state index is 0.0769. The second kappa shape index (κ2) is 6.41. The number of ether oxygens (including phenoxy) is 1. The lowest BCUT2D eigenvalue weighted by atomic mass is 10.0. The molecule has 102 valence electrons. The molecule has 0 saturated carbocycles. The van der Waals surface area contributed by atoms with Gasteiger partial charge in [-0.05, 0) is 25.6 Å². The Bertz CT molecular complexity index is 502. The molecule has 1 atom stereocenters. The van der Waals surface area contributed by atoms with Crippen LogP contribution in [0, 0.1) is 0 Å². The van der Waals surface area contributed by atoms with E-state index < -0.39 is 9.84 Å². The van der Waals surface area contributed by atoms with Crippen LogP contribution in [0.1, 0.15) is 18.0 Å². The van der Waals surface area contributed by atoms with E-state index in [9.17, 15) is 8.42 Å². The van der Waals surface area contributed by atoms with E-state index in [1.807, 2.05) is 6.07 Å². The molecule has 0 radical (unpaired) electrons. The smallest absolute Gasteiger partial charge is 0.147 e. The Balaban J connectivity index is 2.94. The highest BCUT2D eigenvalue weighted by Crippen LogP contribution is 2.30. The Hall–Kier alpha value is -0.780. The van der Waals surface area contributed by atoms with Gasteiger partial charge < -0.3 is 10.1 Å². The maximum Gasteiger partial charge on any atom is 0.147 e. The van der Waals surface area contributed by atoms with Gasteiger partial charge in [0.1, 0.15) is 15.6 Å². The number of benzene rings is 1. The molecule has 0 spiro atoms. The van der Waals surface area contributed by atoms with Gasteiger partial charge in [0.15, 0.2) is 0 Å². The van der Waals surface area contributed by atoms with Gasteiger partial charge in [-0.3, -0.25) is 0 Å². The maximum atomic E-state index is 11.2. The molecule has 1 rings (SSSR count). The highest BCUT2D eigenvalue weighted by Gasteiger charge is 2.16. The molecule has 0 bridgehead atoms. The van der Waals surface area contributed by atoms with Crippen molar-refractivity contribution in [2.75, 3.05) is 26.2 Å². The summed E-state index contributed by atoms with van der Waals surface area (Å²) in [6.07, 6.45) is 1.73. The van der Waals surface area contributed by atoms with Crippen molar-refractivity contribution in [3.8, 4) is 5.75 Å². The van der Waals surface area contributed by atoms with Crippen LogP contribution in [0.5, 0.6) is 5.75 Å². The Labute approximate surface area is 113 Å². The SMILES string of the molecule is CNC(CCS(C)(=O)=O)c1ccc(Cl)cc1OC. The fourth-order valence-corrected chi connectivity index (χ4v) is 2.59. The number of sulfone groups is 1. The minimum atomic E-state index is -2.97. The fraction of sp³-hybridized carbons (Fsp3) is 0.500. The monoisotopic (exact) mass is 291 g/mol. The molecule has 1 aromatic carbocycles. The van der Waals surface area contributed by atoms with E-state index in [4.69, 9.17) is 16.3 Å². The lowest BCUT2D eigenvalue weighted by molar-refractivity contribution is 0.400. The minimum Gasteiger partial charge on any atom is -0.496 e. The normalized spacial score (nSPS) is 13.3. The Morgan fingerprint density at radius 1 is 1.44 bits per heavy atom. The van der Waals surface area contributed by atoms with Crippen LogP contribution in [-0.2, 0) is 9.84 Å². The van der Waals surface area contributed by atoms with Crippen LogP contribution in [0.15, 0.2) is 18.2 Å². The lowest BCUT2D eigenvalue weighted by Gasteiger charge is -2.19. The molecule has 6 heteroatoms. The quantitative estimate of drug-likeness (QED) is 0.871. The molecule has 0 aromatic heterocycles. The molecule has 0 amide bonds. The van der Waals surface area contributed by atoms with Gasteiger partial charge in [-0.25, -0.2) is 8.42 Å². The van der Waals surface area contributed by atoms with Gasteiger partial charge >= 0.3 is 0 Å². The second-order valence-electron chi connectivity index (χ2n) is 4.15. The van der Waals surface area contributed by atoms with E-state index in [1.54, 1.807) is 26.3 Å². The zero-order valence-corrected chi connectivity index (χ0v) is 12.3. The van der Waals surface area contributed by atoms with Gasteiger partial charge in [-0.15, -0.1) is 0 Å². The van der Waals surface area contributed by atoms with Gasteiger partial charge in [0.05, 0.1) is 12.9 Å². The number of methoxy groups -OCH3 is 1. The molecule has 0 fully saturated rings. The summed E-state index contributed by atoms with van der Waals surface area (Å²) in [5.74, 6) is 0.792. The Morgan fingerprint density at radius 2 is 2.11 bits per heavy atom. The number of rotatable bonds is 6. The Morgan fingerprint density at radius 3 is 2.61 bits per heavy atom. The molecule has 1 N–H and O–H groups in total. The first kappa shape index (κ1) is 15.3. The van der Waals surface area contributed by atoms with Crippen molar-refractivity contribution >= 4 is 21.4 Å². The first-order valence-corrected chi connectivity index (χ1v) is 7.99. The van der Waals surface area contributed by atoms with Crippen LogP contribution in [-0.4, -0.2) is 34.6 Å².